The Morgan fingerprint density at radius 1 is 1.04 bits per heavy atom. The fraction of sp³-hybridized carbons (Fsp3) is 0.200. The number of fused-ring (bicyclic) bond motifs is 1. The van der Waals surface area contributed by atoms with Gasteiger partial charge in [0.15, 0.2) is 0 Å². The summed E-state index contributed by atoms with van der Waals surface area (Å²) in [6.45, 7) is 1.92. The second-order valence-corrected chi connectivity index (χ2v) is 6.49. The Balaban J connectivity index is 1.63. The van der Waals surface area contributed by atoms with Crippen molar-refractivity contribution in [2.75, 3.05) is 12.0 Å². The summed E-state index contributed by atoms with van der Waals surface area (Å²) in [5, 5.41) is 4.00. The van der Waals surface area contributed by atoms with Crippen LogP contribution in [0.4, 0.5) is 5.69 Å². The van der Waals surface area contributed by atoms with Crippen LogP contribution in [-0.2, 0) is 9.59 Å². The number of carbonyl (C=O) groups is 3. The van der Waals surface area contributed by atoms with Gasteiger partial charge in [-0.15, -0.1) is 0 Å². The highest BCUT2D eigenvalue weighted by atomic mass is 16.5. The predicted molar refractivity (Wildman–Crippen MR) is 98.8 cm³/mol. The number of methoxy groups -OCH3 is 1. The SMILES string of the molecule is COc1ccc(C(=O)C2=NN[C@H]3C(=O)N(c4ccc(C)cc4)C(=O)[C@@H]23)cc1. The van der Waals surface area contributed by atoms with Gasteiger partial charge < -0.3 is 4.74 Å². The summed E-state index contributed by atoms with van der Waals surface area (Å²) in [7, 11) is 1.54. The molecule has 1 N–H and O–H groups in total. The van der Waals surface area contributed by atoms with Crippen LogP contribution in [0.15, 0.2) is 53.6 Å². The predicted octanol–water partition coefficient (Wildman–Crippen LogP) is 1.70. The lowest BCUT2D eigenvalue weighted by atomic mass is 9.92. The minimum absolute atomic E-state index is 0.0538. The molecule has 0 aromatic heterocycles. The van der Waals surface area contributed by atoms with Crippen molar-refractivity contribution >= 4 is 29.0 Å². The molecule has 2 heterocycles. The van der Waals surface area contributed by atoms with Gasteiger partial charge in [0.2, 0.25) is 11.7 Å². The number of hydrazone groups is 1. The van der Waals surface area contributed by atoms with E-state index in [1.54, 1.807) is 36.4 Å². The molecule has 0 spiro atoms. The summed E-state index contributed by atoms with van der Waals surface area (Å²) in [6, 6.07) is 12.8. The summed E-state index contributed by atoms with van der Waals surface area (Å²) in [5.74, 6) is -1.54. The Kier molecular flexibility index (Phi) is 3.99. The average molecular weight is 363 g/mol. The van der Waals surface area contributed by atoms with Crippen LogP contribution >= 0.6 is 0 Å². The lowest BCUT2D eigenvalue weighted by molar-refractivity contribution is -0.122. The van der Waals surface area contributed by atoms with Gasteiger partial charge in [-0.3, -0.25) is 19.8 Å². The molecule has 2 atom stereocenters. The third-order valence-corrected chi connectivity index (χ3v) is 4.80. The van der Waals surface area contributed by atoms with Gasteiger partial charge in [-0.1, -0.05) is 17.7 Å². The molecule has 0 bridgehead atoms. The molecule has 2 amide bonds. The number of imide groups is 1. The molecule has 2 aliphatic rings. The van der Waals surface area contributed by atoms with Crippen molar-refractivity contribution in [1.29, 1.82) is 0 Å². The van der Waals surface area contributed by atoms with Gasteiger partial charge in [-0.05, 0) is 43.3 Å². The normalized spacial score (nSPS) is 21.0. The maximum absolute atomic E-state index is 12.9. The van der Waals surface area contributed by atoms with Crippen LogP contribution in [0.2, 0.25) is 0 Å². The molecule has 0 aliphatic carbocycles. The first-order valence-corrected chi connectivity index (χ1v) is 8.47. The van der Waals surface area contributed by atoms with E-state index in [1.165, 1.54) is 7.11 Å². The topological polar surface area (TPSA) is 88.1 Å². The molecular formula is C20H17N3O4. The molecular weight excluding hydrogens is 346 g/mol. The van der Waals surface area contributed by atoms with Crippen molar-refractivity contribution in [3.8, 4) is 5.75 Å². The molecule has 2 aromatic rings. The van der Waals surface area contributed by atoms with Crippen LogP contribution in [0, 0.1) is 12.8 Å². The zero-order chi connectivity index (χ0) is 19.1. The van der Waals surface area contributed by atoms with Crippen LogP contribution in [-0.4, -0.2) is 36.5 Å². The zero-order valence-corrected chi connectivity index (χ0v) is 14.8. The highest BCUT2D eigenvalue weighted by molar-refractivity contribution is 6.52. The number of aryl methyl sites for hydroxylation is 1. The van der Waals surface area contributed by atoms with Crippen LogP contribution in [0.1, 0.15) is 15.9 Å². The molecule has 4 rings (SSSR count). The number of hydrogen-bond donors (Lipinski definition) is 1. The van der Waals surface area contributed by atoms with E-state index < -0.39 is 23.8 Å². The third-order valence-electron chi connectivity index (χ3n) is 4.80. The van der Waals surface area contributed by atoms with Crippen LogP contribution in [0.3, 0.4) is 0 Å². The quantitative estimate of drug-likeness (QED) is 0.660. The van der Waals surface area contributed by atoms with E-state index in [0.717, 1.165) is 10.5 Å². The molecule has 0 radical (unpaired) electrons. The highest BCUT2D eigenvalue weighted by Gasteiger charge is 2.55. The molecule has 136 valence electrons. The number of nitrogens with one attached hydrogen (secondary N) is 1. The van der Waals surface area contributed by atoms with Crippen LogP contribution < -0.4 is 15.1 Å². The largest absolute Gasteiger partial charge is 0.497 e. The maximum Gasteiger partial charge on any atom is 0.259 e. The molecule has 2 aliphatic heterocycles. The van der Waals surface area contributed by atoms with Crippen molar-refractivity contribution in [2.24, 2.45) is 11.0 Å². The van der Waals surface area contributed by atoms with E-state index in [4.69, 9.17) is 4.74 Å². The molecule has 7 nitrogen and oxygen atoms in total. The number of Topliss-reactive ketones (excluding diaryl/α,β-unsaturated/α-hetero) is 1. The Morgan fingerprint density at radius 3 is 2.33 bits per heavy atom. The summed E-state index contributed by atoms with van der Waals surface area (Å²) >= 11 is 0. The fourth-order valence-electron chi connectivity index (χ4n) is 3.32. The number of benzene rings is 2. The van der Waals surface area contributed by atoms with Crippen molar-refractivity contribution in [2.45, 2.75) is 13.0 Å². The lowest BCUT2D eigenvalue weighted by Crippen LogP contribution is -2.36. The smallest absolute Gasteiger partial charge is 0.259 e. The minimum atomic E-state index is -0.923. The highest BCUT2D eigenvalue weighted by Crippen LogP contribution is 2.31. The summed E-state index contributed by atoms with van der Waals surface area (Å²) in [6.07, 6.45) is 0. The van der Waals surface area contributed by atoms with Gasteiger partial charge in [-0.25, -0.2) is 4.90 Å². The molecule has 1 fully saturated rings. The van der Waals surface area contributed by atoms with Gasteiger partial charge >= 0.3 is 0 Å². The van der Waals surface area contributed by atoms with E-state index in [1.807, 2.05) is 19.1 Å². The first-order valence-electron chi connectivity index (χ1n) is 8.47. The summed E-state index contributed by atoms with van der Waals surface area (Å²) < 4.78 is 5.09. The number of ether oxygens (including phenoxy) is 1. The number of anilines is 1. The van der Waals surface area contributed by atoms with Gasteiger partial charge in [0.1, 0.15) is 23.4 Å². The number of nitrogens with zero attached hydrogens (tertiary/aromatic N) is 2. The summed E-state index contributed by atoms with van der Waals surface area (Å²) in [5.41, 5.74) is 4.61. The Hall–Kier alpha value is -3.48. The van der Waals surface area contributed by atoms with E-state index >= 15 is 0 Å². The van der Waals surface area contributed by atoms with E-state index in [9.17, 15) is 14.4 Å². The Morgan fingerprint density at radius 2 is 1.70 bits per heavy atom. The first kappa shape index (κ1) is 17.0. The molecule has 7 heteroatoms. The van der Waals surface area contributed by atoms with Crippen molar-refractivity contribution in [3.05, 3.63) is 59.7 Å². The Bertz CT molecular complexity index is 964. The number of hydrogen-bond acceptors (Lipinski definition) is 6. The minimum Gasteiger partial charge on any atom is -0.497 e. The number of amides is 2. The van der Waals surface area contributed by atoms with Crippen LogP contribution in [0.5, 0.6) is 5.75 Å². The molecule has 27 heavy (non-hydrogen) atoms. The molecule has 0 unspecified atom stereocenters. The van der Waals surface area contributed by atoms with Gasteiger partial charge in [0.05, 0.1) is 12.8 Å². The second-order valence-electron chi connectivity index (χ2n) is 6.49. The molecule has 0 saturated carbocycles. The van der Waals surface area contributed by atoms with Crippen molar-refractivity contribution in [1.82, 2.24) is 5.43 Å². The number of carbonyl (C=O) groups excluding carboxylic acids is 3. The monoisotopic (exact) mass is 363 g/mol. The maximum atomic E-state index is 12.9. The average Bonchev–Trinajstić information content (AvgIpc) is 3.23. The third kappa shape index (κ3) is 2.68. The fourth-order valence-corrected chi connectivity index (χ4v) is 3.32. The molecule has 1 saturated heterocycles. The second kappa shape index (κ2) is 6.35. The number of rotatable bonds is 4. The van der Waals surface area contributed by atoms with Gasteiger partial charge in [0, 0.05) is 5.56 Å². The van der Waals surface area contributed by atoms with E-state index in [2.05, 4.69) is 10.5 Å². The van der Waals surface area contributed by atoms with Gasteiger partial charge in [0.25, 0.3) is 5.91 Å². The standard InChI is InChI=1S/C20H17N3O4/c1-11-3-7-13(8-4-11)23-19(25)15-16(21-22-17(15)20(23)26)18(24)12-5-9-14(27-2)10-6-12/h3-10,15,17,22H,1-2H3/t15-,17+/m0/s1. The van der Waals surface area contributed by atoms with Gasteiger partial charge in [-0.2, -0.15) is 5.10 Å². The van der Waals surface area contributed by atoms with Crippen molar-refractivity contribution in [3.63, 3.8) is 0 Å². The summed E-state index contributed by atoms with van der Waals surface area (Å²) in [4.78, 5) is 39.6. The van der Waals surface area contributed by atoms with Crippen LogP contribution in [0.25, 0.3) is 0 Å². The van der Waals surface area contributed by atoms with E-state index in [-0.39, 0.29) is 11.5 Å². The number of ketones is 1. The first-order chi connectivity index (χ1) is 13.0. The lowest BCUT2D eigenvalue weighted by Gasteiger charge is -2.15. The Labute approximate surface area is 155 Å². The van der Waals surface area contributed by atoms with Crippen molar-refractivity contribution < 1.29 is 19.1 Å². The van der Waals surface area contributed by atoms with E-state index in [0.29, 0.717) is 17.0 Å². The zero-order valence-electron chi connectivity index (χ0n) is 14.8. The molecule has 2 aromatic carbocycles.